The molecule has 0 aliphatic heterocycles. The van der Waals surface area contributed by atoms with Crippen LogP contribution in [0.4, 0.5) is 20.0 Å². The first-order chi connectivity index (χ1) is 9.47. The fourth-order valence-corrected chi connectivity index (χ4v) is 2.01. The molecule has 2 aromatic rings. The maximum Gasteiger partial charge on any atom is 0.337 e. The van der Waals surface area contributed by atoms with Crippen LogP contribution in [0.25, 0.3) is 0 Å². The molecule has 1 aromatic heterocycles. The molecule has 2 amide bonds. The molecule has 1 aromatic carbocycles. The lowest BCUT2D eigenvalue weighted by molar-refractivity contribution is 0.0697. The number of halogens is 1. The number of nitrogens with one attached hydrogen (secondary N) is 2. The number of aromatic nitrogens is 2. The third kappa shape index (κ3) is 3.06. The molecule has 0 saturated carbocycles. The molecule has 0 aliphatic carbocycles. The molecule has 0 bridgehead atoms. The second-order valence-corrected chi connectivity index (χ2v) is 4.85. The lowest BCUT2D eigenvalue weighted by Gasteiger charge is -2.09. The molecular weight excluding hydrogens is 287 g/mol. The average Bonchev–Trinajstić information content (AvgIpc) is 2.77. The Kier molecular flexibility index (Phi) is 3.89. The molecule has 0 aliphatic rings. The number of amides is 2. The number of aryl methyl sites for hydroxylation is 1. The molecule has 1 heterocycles. The first-order valence-electron chi connectivity index (χ1n) is 5.37. The van der Waals surface area contributed by atoms with E-state index < -0.39 is 23.5 Å². The molecule has 0 radical (unpaired) electrons. The number of nitrogens with zero attached hydrogens (tertiary/aromatic N) is 2. The highest BCUT2D eigenvalue weighted by Gasteiger charge is 2.17. The van der Waals surface area contributed by atoms with Crippen LogP contribution in [0.1, 0.15) is 15.4 Å². The van der Waals surface area contributed by atoms with Gasteiger partial charge >= 0.3 is 12.0 Å². The number of urea groups is 1. The van der Waals surface area contributed by atoms with Crippen molar-refractivity contribution in [3.05, 3.63) is 34.6 Å². The van der Waals surface area contributed by atoms with Gasteiger partial charge in [-0.15, -0.1) is 10.2 Å². The summed E-state index contributed by atoms with van der Waals surface area (Å²) in [6.45, 7) is 1.71. The fraction of sp³-hybridized carbons (Fsp3) is 0.0909. The SMILES string of the molecule is Cc1nnc(NC(=O)Nc2c(F)cccc2C(=O)O)s1. The van der Waals surface area contributed by atoms with Gasteiger partial charge in [-0.2, -0.15) is 0 Å². The second kappa shape index (κ2) is 5.61. The van der Waals surface area contributed by atoms with E-state index in [2.05, 4.69) is 20.8 Å². The van der Waals surface area contributed by atoms with E-state index >= 15 is 0 Å². The summed E-state index contributed by atoms with van der Waals surface area (Å²) >= 11 is 1.14. The molecule has 0 fully saturated rings. The highest BCUT2D eigenvalue weighted by Crippen LogP contribution is 2.20. The monoisotopic (exact) mass is 296 g/mol. The number of hydrogen-bond acceptors (Lipinski definition) is 5. The Morgan fingerprint density at radius 3 is 2.65 bits per heavy atom. The zero-order valence-electron chi connectivity index (χ0n) is 10.2. The Balaban J connectivity index is 2.17. The Bertz CT molecular complexity index is 673. The van der Waals surface area contributed by atoms with Crippen LogP contribution in [0.3, 0.4) is 0 Å². The van der Waals surface area contributed by atoms with Crippen molar-refractivity contribution < 1.29 is 19.1 Å². The Morgan fingerprint density at radius 1 is 1.30 bits per heavy atom. The summed E-state index contributed by atoms with van der Waals surface area (Å²) in [6.07, 6.45) is 0. The van der Waals surface area contributed by atoms with Gasteiger partial charge in [0, 0.05) is 0 Å². The van der Waals surface area contributed by atoms with Gasteiger partial charge in [0.1, 0.15) is 10.8 Å². The molecule has 0 atom stereocenters. The van der Waals surface area contributed by atoms with Gasteiger partial charge in [0.2, 0.25) is 5.13 Å². The van der Waals surface area contributed by atoms with Crippen LogP contribution in [0, 0.1) is 12.7 Å². The summed E-state index contributed by atoms with van der Waals surface area (Å²) in [5, 5.41) is 21.7. The highest BCUT2D eigenvalue weighted by molar-refractivity contribution is 7.15. The number of carboxylic acid groups (broad SMARTS) is 1. The first-order valence-corrected chi connectivity index (χ1v) is 6.19. The van der Waals surface area contributed by atoms with Gasteiger partial charge in [-0.3, -0.25) is 5.32 Å². The smallest absolute Gasteiger partial charge is 0.337 e. The number of aromatic carboxylic acids is 1. The number of carboxylic acids is 1. The van der Waals surface area contributed by atoms with Crippen molar-refractivity contribution in [2.24, 2.45) is 0 Å². The molecule has 2 rings (SSSR count). The minimum absolute atomic E-state index is 0.230. The molecule has 3 N–H and O–H groups in total. The summed E-state index contributed by atoms with van der Waals surface area (Å²) in [7, 11) is 0. The summed E-state index contributed by atoms with van der Waals surface area (Å²) in [4.78, 5) is 22.6. The zero-order valence-corrected chi connectivity index (χ0v) is 11.0. The van der Waals surface area contributed by atoms with Gasteiger partial charge in [-0.1, -0.05) is 17.4 Å². The van der Waals surface area contributed by atoms with Gasteiger partial charge in [-0.25, -0.2) is 14.0 Å². The minimum Gasteiger partial charge on any atom is -0.478 e. The number of hydrogen-bond donors (Lipinski definition) is 3. The first kappa shape index (κ1) is 13.9. The van der Waals surface area contributed by atoms with Crippen LogP contribution in [0.15, 0.2) is 18.2 Å². The van der Waals surface area contributed by atoms with Crippen LogP contribution >= 0.6 is 11.3 Å². The number of carbonyl (C=O) groups is 2. The van der Waals surface area contributed by atoms with Crippen molar-refractivity contribution >= 4 is 34.2 Å². The molecule has 0 spiro atoms. The molecule has 0 saturated heterocycles. The largest absolute Gasteiger partial charge is 0.478 e. The van der Waals surface area contributed by atoms with Gasteiger partial charge in [0.15, 0.2) is 0 Å². The maximum absolute atomic E-state index is 13.6. The van der Waals surface area contributed by atoms with E-state index in [1.165, 1.54) is 12.1 Å². The predicted octanol–water partition coefficient (Wildman–Crippen LogP) is 2.33. The zero-order chi connectivity index (χ0) is 14.7. The molecule has 0 unspecified atom stereocenters. The van der Waals surface area contributed by atoms with Crippen molar-refractivity contribution in [1.29, 1.82) is 0 Å². The number of anilines is 2. The summed E-state index contributed by atoms with van der Waals surface area (Å²) in [5.74, 6) is -2.18. The lowest BCUT2D eigenvalue weighted by Crippen LogP contribution is -2.21. The van der Waals surface area contributed by atoms with Crippen LogP contribution < -0.4 is 10.6 Å². The summed E-state index contributed by atoms with van der Waals surface area (Å²) < 4.78 is 13.6. The summed E-state index contributed by atoms with van der Waals surface area (Å²) in [6, 6.07) is 2.69. The van der Waals surface area contributed by atoms with Crippen LogP contribution in [-0.4, -0.2) is 27.3 Å². The van der Waals surface area contributed by atoms with E-state index in [0.29, 0.717) is 5.01 Å². The third-order valence-corrected chi connectivity index (χ3v) is 2.98. The van der Waals surface area contributed by atoms with Crippen molar-refractivity contribution in [3.8, 4) is 0 Å². The molecule has 7 nitrogen and oxygen atoms in total. The standard InChI is InChI=1S/C11H9FN4O3S/c1-5-15-16-11(20-5)14-10(19)13-8-6(9(17)18)3-2-4-7(8)12/h2-4H,1H3,(H,17,18)(H2,13,14,16,19). The second-order valence-electron chi connectivity index (χ2n) is 3.67. The van der Waals surface area contributed by atoms with E-state index in [-0.39, 0.29) is 10.7 Å². The van der Waals surface area contributed by atoms with E-state index in [0.717, 1.165) is 17.4 Å². The van der Waals surface area contributed by atoms with Gasteiger partial charge in [0.05, 0.1) is 11.3 Å². The van der Waals surface area contributed by atoms with Gasteiger partial charge < -0.3 is 10.4 Å². The minimum atomic E-state index is -1.34. The van der Waals surface area contributed by atoms with Crippen LogP contribution in [0.2, 0.25) is 0 Å². The van der Waals surface area contributed by atoms with E-state index in [1.807, 2.05) is 0 Å². The average molecular weight is 296 g/mol. The Morgan fingerprint density at radius 2 is 2.05 bits per heavy atom. The van der Waals surface area contributed by atoms with Crippen molar-refractivity contribution in [2.75, 3.05) is 10.6 Å². The van der Waals surface area contributed by atoms with Crippen molar-refractivity contribution in [1.82, 2.24) is 10.2 Å². The number of carbonyl (C=O) groups excluding carboxylic acids is 1. The number of benzene rings is 1. The summed E-state index contributed by atoms with van der Waals surface area (Å²) in [5.41, 5.74) is -0.743. The van der Waals surface area contributed by atoms with Crippen LogP contribution in [-0.2, 0) is 0 Å². The molecular formula is C11H9FN4O3S. The predicted molar refractivity (Wildman–Crippen MR) is 70.6 cm³/mol. The Labute approximate surface area is 116 Å². The van der Waals surface area contributed by atoms with E-state index in [9.17, 15) is 14.0 Å². The van der Waals surface area contributed by atoms with Crippen LogP contribution in [0.5, 0.6) is 0 Å². The van der Waals surface area contributed by atoms with Crippen molar-refractivity contribution in [3.63, 3.8) is 0 Å². The topological polar surface area (TPSA) is 104 Å². The molecule has 104 valence electrons. The maximum atomic E-state index is 13.6. The van der Waals surface area contributed by atoms with E-state index in [4.69, 9.17) is 5.11 Å². The van der Waals surface area contributed by atoms with Crippen molar-refractivity contribution in [2.45, 2.75) is 6.92 Å². The fourth-order valence-electron chi connectivity index (χ4n) is 1.42. The normalized spacial score (nSPS) is 10.1. The van der Waals surface area contributed by atoms with E-state index in [1.54, 1.807) is 6.92 Å². The quantitative estimate of drug-likeness (QED) is 0.806. The molecule has 20 heavy (non-hydrogen) atoms. The van der Waals surface area contributed by atoms with Gasteiger partial charge in [-0.05, 0) is 19.1 Å². The lowest BCUT2D eigenvalue weighted by atomic mass is 10.1. The van der Waals surface area contributed by atoms with Gasteiger partial charge in [0.25, 0.3) is 0 Å². The third-order valence-electron chi connectivity index (χ3n) is 2.23. The molecule has 9 heteroatoms. The number of para-hydroxylation sites is 1. The number of rotatable bonds is 3. The Hall–Kier alpha value is -2.55. The highest BCUT2D eigenvalue weighted by atomic mass is 32.1.